The van der Waals surface area contributed by atoms with Crippen molar-refractivity contribution < 1.29 is 19.1 Å². The first-order valence-electron chi connectivity index (χ1n) is 5.86. The van der Waals surface area contributed by atoms with Gasteiger partial charge in [0.1, 0.15) is 11.9 Å². The number of carbonyl (C=O) groups is 2. The zero-order chi connectivity index (χ0) is 15.5. The van der Waals surface area contributed by atoms with Gasteiger partial charge >= 0.3 is 12.0 Å². The van der Waals surface area contributed by atoms with Crippen LogP contribution < -0.4 is 10.6 Å². The van der Waals surface area contributed by atoms with Crippen LogP contribution in [0.4, 0.5) is 14.9 Å². The molecule has 0 saturated carbocycles. The van der Waals surface area contributed by atoms with Gasteiger partial charge in [0.15, 0.2) is 0 Å². The molecule has 1 aromatic rings. The van der Waals surface area contributed by atoms with E-state index in [1.165, 1.54) is 12.1 Å². The van der Waals surface area contributed by atoms with E-state index in [1.54, 1.807) is 26.8 Å². The van der Waals surface area contributed by atoms with Crippen LogP contribution in [-0.2, 0) is 4.79 Å². The molecule has 0 heterocycles. The average Bonchev–Trinajstić information content (AvgIpc) is 2.28. The van der Waals surface area contributed by atoms with Crippen LogP contribution in [0.15, 0.2) is 22.7 Å². The van der Waals surface area contributed by atoms with Crippen molar-refractivity contribution >= 4 is 33.6 Å². The number of rotatable bonds is 3. The summed E-state index contributed by atoms with van der Waals surface area (Å²) in [6.07, 6.45) is 0. The molecule has 0 spiro atoms. The molecule has 0 fully saturated rings. The Morgan fingerprint density at radius 3 is 2.40 bits per heavy atom. The highest BCUT2D eigenvalue weighted by Crippen LogP contribution is 2.21. The van der Waals surface area contributed by atoms with Crippen molar-refractivity contribution in [2.45, 2.75) is 26.8 Å². The molecule has 0 aliphatic heterocycles. The molecule has 0 bridgehead atoms. The minimum absolute atomic E-state index is 0.0243. The SMILES string of the molecule is CC(C)(C)[C@@H](NC(=O)Nc1ccc(Br)cc1F)C(=O)O. The van der Waals surface area contributed by atoms with E-state index in [1.807, 2.05) is 0 Å². The first-order valence-corrected chi connectivity index (χ1v) is 6.66. The topological polar surface area (TPSA) is 78.4 Å². The van der Waals surface area contributed by atoms with Crippen LogP contribution in [0.3, 0.4) is 0 Å². The summed E-state index contributed by atoms with van der Waals surface area (Å²) in [5, 5.41) is 13.7. The Morgan fingerprint density at radius 2 is 1.95 bits per heavy atom. The third-order valence-corrected chi connectivity index (χ3v) is 3.06. The highest BCUT2D eigenvalue weighted by molar-refractivity contribution is 9.10. The molecule has 0 radical (unpaired) electrons. The number of hydrogen-bond donors (Lipinski definition) is 3. The summed E-state index contributed by atoms with van der Waals surface area (Å²) in [6.45, 7) is 5.06. The molecule has 5 nitrogen and oxygen atoms in total. The van der Waals surface area contributed by atoms with Gasteiger partial charge in [0.2, 0.25) is 0 Å². The molecule has 1 aromatic carbocycles. The van der Waals surface area contributed by atoms with Crippen LogP contribution in [0, 0.1) is 11.2 Å². The lowest BCUT2D eigenvalue weighted by molar-refractivity contribution is -0.141. The summed E-state index contributed by atoms with van der Waals surface area (Å²) in [4.78, 5) is 22.9. The Hall–Kier alpha value is -1.63. The van der Waals surface area contributed by atoms with Gasteiger partial charge < -0.3 is 15.7 Å². The summed E-state index contributed by atoms with van der Waals surface area (Å²) in [5.74, 6) is -1.76. The normalized spacial score (nSPS) is 12.7. The number of amides is 2. The van der Waals surface area contributed by atoms with E-state index in [4.69, 9.17) is 5.11 Å². The number of nitrogens with one attached hydrogen (secondary N) is 2. The quantitative estimate of drug-likeness (QED) is 0.786. The lowest BCUT2D eigenvalue weighted by atomic mass is 9.87. The Balaban J connectivity index is 2.79. The first-order chi connectivity index (χ1) is 9.11. The molecule has 0 saturated heterocycles. The number of anilines is 1. The molecule has 1 atom stereocenters. The van der Waals surface area contributed by atoms with Crippen molar-refractivity contribution in [2.75, 3.05) is 5.32 Å². The third kappa shape index (κ3) is 4.48. The molecule has 0 unspecified atom stereocenters. The molecule has 1 rings (SSSR count). The highest BCUT2D eigenvalue weighted by atomic mass is 79.9. The van der Waals surface area contributed by atoms with Gasteiger partial charge in [-0.15, -0.1) is 0 Å². The zero-order valence-corrected chi connectivity index (χ0v) is 12.9. The second-order valence-electron chi connectivity index (χ2n) is 5.36. The Labute approximate surface area is 124 Å². The number of carboxylic acids is 1. The molecule has 0 aliphatic carbocycles. The van der Waals surface area contributed by atoms with E-state index in [0.717, 1.165) is 0 Å². The summed E-state index contributed by atoms with van der Waals surface area (Å²) in [7, 11) is 0. The fraction of sp³-hybridized carbons (Fsp3) is 0.385. The van der Waals surface area contributed by atoms with Crippen molar-refractivity contribution in [1.29, 1.82) is 0 Å². The number of hydrogen-bond acceptors (Lipinski definition) is 2. The number of carbonyl (C=O) groups excluding carboxylic acids is 1. The number of urea groups is 1. The Bertz CT molecular complexity index is 529. The van der Waals surface area contributed by atoms with E-state index in [9.17, 15) is 14.0 Å². The van der Waals surface area contributed by atoms with Crippen LogP contribution in [0.25, 0.3) is 0 Å². The maximum atomic E-state index is 13.6. The molecular weight excluding hydrogens is 331 g/mol. The second kappa shape index (κ2) is 6.21. The Morgan fingerprint density at radius 1 is 1.35 bits per heavy atom. The van der Waals surface area contributed by atoms with Crippen LogP contribution >= 0.6 is 15.9 Å². The monoisotopic (exact) mass is 346 g/mol. The second-order valence-corrected chi connectivity index (χ2v) is 6.28. The number of carboxylic acid groups (broad SMARTS) is 1. The fourth-order valence-corrected chi connectivity index (χ4v) is 1.86. The van der Waals surface area contributed by atoms with Crippen molar-refractivity contribution in [2.24, 2.45) is 5.41 Å². The van der Waals surface area contributed by atoms with E-state index >= 15 is 0 Å². The highest BCUT2D eigenvalue weighted by Gasteiger charge is 2.32. The van der Waals surface area contributed by atoms with Crippen LogP contribution in [0.2, 0.25) is 0 Å². The number of halogens is 2. The van der Waals surface area contributed by atoms with Gasteiger partial charge in [-0.3, -0.25) is 0 Å². The predicted octanol–water partition coefficient (Wildman–Crippen LogP) is 3.21. The third-order valence-electron chi connectivity index (χ3n) is 2.57. The van der Waals surface area contributed by atoms with Gasteiger partial charge in [-0.25, -0.2) is 14.0 Å². The van der Waals surface area contributed by atoms with E-state index in [0.29, 0.717) is 4.47 Å². The van der Waals surface area contributed by atoms with Gasteiger partial charge in [0.05, 0.1) is 5.69 Å². The van der Waals surface area contributed by atoms with Crippen LogP contribution in [0.5, 0.6) is 0 Å². The summed E-state index contributed by atoms with van der Waals surface area (Å²) in [5.41, 5.74) is -0.690. The fourth-order valence-electron chi connectivity index (χ4n) is 1.53. The zero-order valence-electron chi connectivity index (χ0n) is 11.3. The lowest BCUT2D eigenvalue weighted by Crippen LogP contribution is -2.50. The maximum absolute atomic E-state index is 13.6. The van der Waals surface area contributed by atoms with Gasteiger partial charge in [-0.05, 0) is 23.6 Å². The van der Waals surface area contributed by atoms with Crippen LogP contribution in [-0.4, -0.2) is 23.1 Å². The largest absolute Gasteiger partial charge is 0.480 e. The molecule has 0 aromatic heterocycles. The van der Waals surface area contributed by atoms with E-state index < -0.39 is 29.3 Å². The molecule has 3 N–H and O–H groups in total. The molecule has 20 heavy (non-hydrogen) atoms. The molecule has 0 aliphatic rings. The van der Waals surface area contributed by atoms with E-state index in [2.05, 4.69) is 26.6 Å². The first kappa shape index (κ1) is 16.4. The van der Waals surface area contributed by atoms with Gasteiger partial charge in [0.25, 0.3) is 0 Å². The maximum Gasteiger partial charge on any atom is 0.326 e. The number of aliphatic carboxylic acids is 1. The van der Waals surface area contributed by atoms with Crippen molar-refractivity contribution in [3.63, 3.8) is 0 Å². The van der Waals surface area contributed by atoms with Crippen molar-refractivity contribution in [3.05, 3.63) is 28.5 Å². The van der Waals surface area contributed by atoms with Crippen LogP contribution in [0.1, 0.15) is 20.8 Å². The minimum Gasteiger partial charge on any atom is -0.480 e. The van der Waals surface area contributed by atoms with Gasteiger partial charge in [-0.1, -0.05) is 36.7 Å². The summed E-state index contributed by atoms with van der Waals surface area (Å²) >= 11 is 3.10. The molecule has 110 valence electrons. The molecule has 7 heteroatoms. The smallest absolute Gasteiger partial charge is 0.326 e. The standard InChI is InChI=1S/C13H16BrFN2O3/c1-13(2,3)10(11(18)19)17-12(20)16-9-5-4-7(14)6-8(9)15/h4-6,10H,1-3H3,(H,18,19)(H2,16,17,20)/t10-/m0/s1. The van der Waals surface area contributed by atoms with Crippen molar-refractivity contribution in [1.82, 2.24) is 5.32 Å². The number of benzene rings is 1. The molecule has 2 amide bonds. The summed E-state index contributed by atoms with van der Waals surface area (Å²) in [6, 6.07) is 2.30. The molecular formula is C13H16BrFN2O3. The minimum atomic E-state index is -1.15. The van der Waals surface area contributed by atoms with Gasteiger partial charge in [0, 0.05) is 4.47 Å². The van der Waals surface area contributed by atoms with Crippen molar-refractivity contribution in [3.8, 4) is 0 Å². The summed E-state index contributed by atoms with van der Waals surface area (Å²) < 4.78 is 14.1. The lowest BCUT2D eigenvalue weighted by Gasteiger charge is -2.27. The average molecular weight is 347 g/mol. The predicted molar refractivity (Wildman–Crippen MR) is 77.1 cm³/mol. The Kier molecular flexibility index (Phi) is 5.10. The van der Waals surface area contributed by atoms with Gasteiger partial charge in [-0.2, -0.15) is 0 Å². The van der Waals surface area contributed by atoms with E-state index in [-0.39, 0.29) is 5.69 Å².